The molecule has 0 radical (unpaired) electrons. The largest absolute Gasteiger partial charge is 0.437 e. The number of rotatable bonds is 3. The third-order valence-corrected chi connectivity index (χ3v) is 4.74. The summed E-state index contributed by atoms with van der Waals surface area (Å²) >= 11 is 0. The van der Waals surface area contributed by atoms with Crippen LogP contribution in [-0.2, 0) is 0 Å². The fourth-order valence-corrected chi connectivity index (χ4v) is 3.43. The highest BCUT2D eigenvalue weighted by atomic mass is 19.4. The molecule has 10 heteroatoms. The van der Waals surface area contributed by atoms with Crippen LogP contribution in [0.3, 0.4) is 0 Å². The average Bonchev–Trinajstić information content (AvgIpc) is 3.14. The van der Waals surface area contributed by atoms with Gasteiger partial charge in [0.1, 0.15) is 5.92 Å². The standard InChI is InChI=1S/C18H14F3N5O2/c19-18(20,21)17(28)13(15(27)12-9-5-2-6-10-12)14(11-7-3-1-4-8-11)26-16(22-17)23-24-25-26/h1-10,13-14,28H,(H,22,23,25)/t13-,14-,17+/m1/s1. The molecule has 7 nitrogen and oxygen atoms in total. The summed E-state index contributed by atoms with van der Waals surface area (Å²) < 4.78 is 43.1. The van der Waals surface area contributed by atoms with Crippen LogP contribution in [0, 0.1) is 5.92 Å². The van der Waals surface area contributed by atoms with Crippen molar-refractivity contribution < 1.29 is 23.1 Å². The van der Waals surface area contributed by atoms with Crippen molar-refractivity contribution >= 4 is 11.7 Å². The minimum absolute atomic E-state index is 0.0365. The van der Waals surface area contributed by atoms with Crippen LogP contribution in [0.15, 0.2) is 60.7 Å². The molecule has 1 aromatic heterocycles. The van der Waals surface area contributed by atoms with E-state index >= 15 is 0 Å². The lowest BCUT2D eigenvalue weighted by Crippen LogP contribution is -2.64. The normalized spacial score (nSPS) is 24.3. The lowest BCUT2D eigenvalue weighted by molar-refractivity contribution is -0.266. The van der Waals surface area contributed by atoms with Crippen molar-refractivity contribution in [2.45, 2.75) is 17.9 Å². The zero-order valence-electron chi connectivity index (χ0n) is 14.2. The number of nitrogens with zero attached hydrogens (tertiary/aromatic N) is 4. The van der Waals surface area contributed by atoms with E-state index in [0.717, 1.165) is 4.68 Å². The predicted octanol–water partition coefficient (Wildman–Crippen LogP) is 2.44. The summed E-state index contributed by atoms with van der Waals surface area (Å²) in [4.78, 5) is 13.2. The minimum atomic E-state index is -5.17. The Bertz CT molecular complexity index is 993. The van der Waals surface area contributed by atoms with Gasteiger partial charge in [0, 0.05) is 5.56 Å². The molecule has 0 bridgehead atoms. The van der Waals surface area contributed by atoms with E-state index in [4.69, 9.17) is 0 Å². The van der Waals surface area contributed by atoms with Gasteiger partial charge in [-0.3, -0.25) is 4.79 Å². The fraction of sp³-hybridized carbons (Fsp3) is 0.222. The van der Waals surface area contributed by atoms with Crippen LogP contribution >= 0.6 is 0 Å². The number of Topliss-reactive ketones (excluding diaryl/α,β-unsaturated/α-hetero) is 1. The van der Waals surface area contributed by atoms with E-state index in [9.17, 15) is 23.1 Å². The Morgan fingerprint density at radius 2 is 1.68 bits per heavy atom. The first-order chi connectivity index (χ1) is 13.3. The Morgan fingerprint density at radius 3 is 2.29 bits per heavy atom. The number of alkyl halides is 3. The monoisotopic (exact) mass is 389 g/mol. The second kappa shape index (κ2) is 6.41. The zero-order valence-corrected chi connectivity index (χ0v) is 14.2. The van der Waals surface area contributed by atoms with E-state index in [0.29, 0.717) is 5.56 Å². The van der Waals surface area contributed by atoms with Gasteiger partial charge in [-0.1, -0.05) is 65.8 Å². The number of nitrogens with one attached hydrogen (secondary N) is 1. The molecule has 1 aliphatic heterocycles. The maximum atomic E-state index is 14.0. The molecule has 4 rings (SSSR count). The number of aromatic nitrogens is 4. The van der Waals surface area contributed by atoms with Crippen molar-refractivity contribution in [2.24, 2.45) is 5.92 Å². The predicted molar refractivity (Wildman–Crippen MR) is 91.3 cm³/mol. The molecule has 144 valence electrons. The van der Waals surface area contributed by atoms with Gasteiger partial charge in [-0.2, -0.15) is 13.2 Å². The van der Waals surface area contributed by atoms with Gasteiger partial charge in [-0.05, 0) is 16.0 Å². The van der Waals surface area contributed by atoms with Crippen LogP contribution < -0.4 is 5.32 Å². The molecule has 28 heavy (non-hydrogen) atoms. The summed E-state index contributed by atoms with van der Waals surface area (Å²) in [5, 5.41) is 23.3. The molecule has 3 atom stereocenters. The molecule has 0 unspecified atom stereocenters. The Morgan fingerprint density at radius 1 is 1.07 bits per heavy atom. The topological polar surface area (TPSA) is 92.9 Å². The molecule has 0 amide bonds. The van der Waals surface area contributed by atoms with Gasteiger partial charge in [0.2, 0.25) is 11.7 Å². The average molecular weight is 389 g/mol. The highest BCUT2D eigenvalue weighted by Crippen LogP contribution is 2.48. The fourth-order valence-electron chi connectivity index (χ4n) is 3.43. The summed E-state index contributed by atoms with van der Waals surface area (Å²) in [6, 6.07) is 14.3. The summed E-state index contributed by atoms with van der Waals surface area (Å²) in [6.07, 6.45) is -5.17. The van der Waals surface area contributed by atoms with Crippen molar-refractivity contribution in [1.29, 1.82) is 0 Å². The molecular weight excluding hydrogens is 375 g/mol. The Labute approximate surface area is 156 Å². The van der Waals surface area contributed by atoms with Crippen LogP contribution in [0.4, 0.5) is 19.1 Å². The molecule has 2 aromatic carbocycles. The number of anilines is 1. The molecule has 3 aromatic rings. The van der Waals surface area contributed by atoms with Crippen molar-refractivity contribution in [3.63, 3.8) is 0 Å². The van der Waals surface area contributed by atoms with Gasteiger partial charge in [0.15, 0.2) is 5.78 Å². The van der Waals surface area contributed by atoms with Gasteiger partial charge in [-0.15, -0.1) is 0 Å². The number of tetrazole rings is 1. The molecule has 0 aliphatic carbocycles. The van der Waals surface area contributed by atoms with E-state index in [1.165, 1.54) is 24.3 Å². The molecule has 2 heterocycles. The van der Waals surface area contributed by atoms with Crippen molar-refractivity contribution in [1.82, 2.24) is 20.2 Å². The number of halogens is 3. The third kappa shape index (κ3) is 2.73. The van der Waals surface area contributed by atoms with Crippen LogP contribution in [0.25, 0.3) is 0 Å². The van der Waals surface area contributed by atoms with E-state index in [1.807, 2.05) is 5.32 Å². The number of carbonyl (C=O) groups excluding carboxylic acids is 1. The first-order valence-electron chi connectivity index (χ1n) is 8.32. The number of ketones is 1. The molecule has 0 saturated heterocycles. The highest BCUT2D eigenvalue weighted by molar-refractivity contribution is 5.99. The smallest absolute Gasteiger partial charge is 0.363 e. The van der Waals surface area contributed by atoms with Crippen LogP contribution in [-0.4, -0.2) is 43.0 Å². The van der Waals surface area contributed by atoms with Gasteiger partial charge >= 0.3 is 6.18 Å². The molecular formula is C18H14F3N5O2. The lowest BCUT2D eigenvalue weighted by atomic mass is 9.77. The first-order valence-corrected chi connectivity index (χ1v) is 8.32. The number of aliphatic hydroxyl groups is 1. The second-order valence-electron chi connectivity index (χ2n) is 6.40. The van der Waals surface area contributed by atoms with E-state index in [-0.39, 0.29) is 11.5 Å². The molecule has 0 saturated carbocycles. The van der Waals surface area contributed by atoms with Crippen molar-refractivity contribution in [3.8, 4) is 0 Å². The zero-order chi connectivity index (χ0) is 19.9. The highest BCUT2D eigenvalue weighted by Gasteiger charge is 2.66. The quantitative estimate of drug-likeness (QED) is 0.669. The Balaban J connectivity index is 1.96. The molecule has 1 aliphatic rings. The van der Waals surface area contributed by atoms with Gasteiger partial charge in [-0.25, -0.2) is 4.68 Å². The second-order valence-corrected chi connectivity index (χ2v) is 6.40. The Kier molecular flexibility index (Phi) is 4.15. The van der Waals surface area contributed by atoms with Crippen LogP contribution in [0.5, 0.6) is 0 Å². The van der Waals surface area contributed by atoms with Crippen molar-refractivity contribution in [2.75, 3.05) is 5.32 Å². The minimum Gasteiger partial charge on any atom is -0.363 e. The third-order valence-electron chi connectivity index (χ3n) is 4.74. The Hall–Kier alpha value is -3.27. The number of hydrogen-bond donors (Lipinski definition) is 2. The molecule has 2 N–H and O–H groups in total. The number of benzene rings is 2. The van der Waals surface area contributed by atoms with E-state index in [2.05, 4.69) is 15.5 Å². The maximum absolute atomic E-state index is 14.0. The van der Waals surface area contributed by atoms with Crippen LogP contribution in [0.2, 0.25) is 0 Å². The first kappa shape index (κ1) is 18.1. The van der Waals surface area contributed by atoms with Gasteiger partial charge in [0.25, 0.3) is 0 Å². The lowest BCUT2D eigenvalue weighted by Gasteiger charge is -2.44. The van der Waals surface area contributed by atoms with Gasteiger partial charge in [0.05, 0.1) is 6.04 Å². The van der Waals surface area contributed by atoms with E-state index < -0.39 is 29.6 Å². The molecule has 0 spiro atoms. The van der Waals surface area contributed by atoms with E-state index in [1.54, 1.807) is 36.4 Å². The summed E-state index contributed by atoms with van der Waals surface area (Å²) in [6.45, 7) is 0. The summed E-state index contributed by atoms with van der Waals surface area (Å²) in [7, 11) is 0. The van der Waals surface area contributed by atoms with Crippen molar-refractivity contribution in [3.05, 3.63) is 71.8 Å². The number of carbonyl (C=O) groups is 1. The number of fused-ring (bicyclic) bond motifs is 1. The van der Waals surface area contributed by atoms with Gasteiger partial charge < -0.3 is 10.4 Å². The number of hydrogen-bond acceptors (Lipinski definition) is 6. The maximum Gasteiger partial charge on any atom is 0.437 e. The summed E-state index contributed by atoms with van der Waals surface area (Å²) in [5.41, 5.74) is -3.17. The SMILES string of the molecule is O=C(c1ccccc1)[C@H]1[C@@H](c2ccccc2)n2nnnc2N[C@@]1(O)C(F)(F)F. The van der Waals surface area contributed by atoms with Crippen LogP contribution in [0.1, 0.15) is 22.0 Å². The molecule has 0 fully saturated rings. The summed E-state index contributed by atoms with van der Waals surface area (Å²) in [5.74, 6) is -3.23.